The minimum atomic E-state index is -2.95. The Balaban J connectivity index is 2.05. The minimum Gasteiger partial charge on any atom is -0.490 e. The summed E-state index contributed by atoms with van der Waals surface area (Å²) in [7, 11) is 0. The molecule has 1 aliphatic heterocycles. The number of carbonyl (C=O) groups excluding carboxylic acids is 1. The van der Waals surface area contributed by atoms with E-state index in [1.54, 1.807) is 25.1 Å². The average Bonchev–Trinajstić information content (AvgIpc) is 2.55. The zero-order valence-electron chi connectivity index (χ0n) is 13.1. The molecule has 1 aromatic rings. The van der Waals surface area contributed by atoms with Crippen molar-refractivity contribution in [2.24, 2.45) is 5.92 Å². The molecular weight excluding hydrogens is 306 g/mol. The fraction of sp³-hybridized carbons (Fsp3) is 0.562. The van der Waals surface area contributed by atoms with E-state index < -0.39 is 6.61 Å². The molecule has 0 bridgehead atoms. The van der Waals surface area contributed by atoms with Gasteiger partial charge in [0.05, 0.1) is 6.61 Å². The molecule has 0 unspecified atom stereocenters. The third-order valence-corrected chi connectivity index (χ3v) is 3.73. The van der Waals surface area contributed by atoms with Gasteiger partial charge in [0.2, 0.25) is 5.91 Å². The molecule has 0 radical (unpaired) electrons. The molecule has 1 heterocycles. The van der Waals surface area contributed by atoms with Crippen LogP contribution in [0.5, 0.6) is 11.5 Å². The Morgan fingerprint density at radius 3 is 2.78 bits per heavy atom. The number of rotatable bonds is 7. The first kappa shape index (κ1) is 17.5. The molecule has 0 saturated carbocycles. The predicted octanol–water partition coefficient (Wildman–Crippen LogP) is 2.30. The fourth-order valence-corrected chi connectivity index (χ4v) is 2.60. The number of alkyl halides is 2. The maximum Gasteiger partial charge on any atom is 0.387 e. The zero-order chi connectivity index (χ0) is 16.7. The smallest absolute Gasteiger partial charge is 0.387 e. The van der Waals surface area contributed by atoms with Crippen molar-refractivity contribution in [3.8, 4) is 11.5 Å². The van der Waals surface area contributed by atoms with E-state index in [0.717, 1.165) is 25.9 Å². The predicted molar refractivity (Wildman–Crippen MR) is 81.7 cm³/mol. The maximum absolute atomic E-state index is 12.6. The molecule has 23 heavy (non-hydrogen) atoms. The van der Waals surface area contributed by atoms with E-state index in [2.05, 4.69) is 15.4 Å². The zero-order valence-corrected chi connectivity index (χ0v) is 13.1. The summed E-state index contributed by atoms with van der Waals surface area (Å²) in [4.78, 5) is 12.2. The Morgan fingerprint density at radius 1 is 1.39 bits per heavy atom. The van der Waals surface area contributed by atoms with Gasteiger partial charge in [-0.3, -0.25) is 4.79 Å². The molecule has 0 atom stereocenters. The molecule has 7 heteroatoms. The van der Waals surface area contributed by atoms with Crippen LogP contribution in [-0.4, -0.2) is 32.2 Å². The van der Waals surface area contributed by atoms with Gasteiger partial charge in [0.1, 0.15) is 0 Å². The second-order valence-electron chi connectivity index (χ2n) is 5.30. The second kappa shape index (κ2) is 8.67. The van der Waals surface area contributed by atoms with Crippen molar-refractivity contribution in [1.82, 2.24) is 10.6 Å². The second-order valence-corrected chi connectivity index (χ2v) is 5.30. The van der Waals surface area contributed by atoms with Gasteiger partial charge in [-0.1, -0.05) is 12.1 Å². The third-order valence-electron chi connectivity index (χ3n) is 3.73. The van der Waals surface area contributed by atoms with Gasteiger partial charge in [0.25, 0.3) is 0 Å². The van der Waals surface area contributed by atoms with Crippen LogP contribution in [0.1, 0.15) is 25.3 Å². The van der Waals surface area contributed by atoms with Crippen LogP contribution in [0.4, 0.5) is 8.78 Å². The topological polar surface area (TPSA) is 59.6 Å². The maximum atomic E-state index is 12.6. The number of benzene rings is 1. The van der Waals surface area contributed by atoms with Crippen LogP contribution in [0.25, 0.3) is 0 Å². The Labute approximate surface area is 134 Å². The van der Waals surface area contributed by atoms with Gasteiger partial charge in [-0.25, -0.2) is 0 Å². The molecule has 1 aliphatic rings. The Morgan fingerprint density at radius 2 is 2.13 bits per heavy atom. The van der Waals surface area contributed by atoms with E-state index in [4.69, 9.17) is 4.74 Å². The normalized spacial score (nSPS) is 15.5. The van der Waals surface area contributed by atoms with E-state index in [-0.39, 0.29) is 29.9 Å². The number of carbonyl (C=O) groups is 1. The van der Waals surface area contributed by atoms with E-state index >= 15 is 0 Å². The van der Waals surface area contributed by atoms with Crippen LogP contribution in [-0.2, 0) is 11.3 Å². The van der Waals surface area contributed by atoms with Crippen molar-refractivity contribution >= 4 is 5.91 Å². The molecular formula is C16H22F2N2O3. The monoisotopic (exact) mass is 328 g/mol. The SMILES string of the molecule is CCOc1cccc(CNC(=O)C2CCNCC2)c1OC(F)F. The minimum absolute atomic E-state index is 0.0186. The molecule has 2 N–H and O–H groups in total. The van der Waals surface area contributed by atoms with Gasteiger partial charge >= 0.3 is 6.61 Å². The van der Waals surface area contributed by atoms with E-state index in [1.807, 2.05) is 0 Å². The lowest BCUT2D eigenvalue weighted by Crippen LogP contribution is -2.37. The summed E-state index contributed by atoms with van der Waals surface area (Å²) in [5.41, 5.74) is 0.471. The summed E-state index contributed by atoms with van der Waals surface area (Å²) in [6, 6.07) is 4.90. The van der Waals surface area contributed by atoms with E-state index in [0.29, 0.717) is 12.2 Å². The first-order valence-corrected chi connectivity index (χ1v) is 7.79. The summed E-state index contributed by atoms with van der Waals surface area (Å²) >= 11 is 0. The summed E-state index contributed by atoms with van der Waals surface area (Å²) in [6.07, 6.45) is 1.57. The highest BCUT2D eigenvalue weighted by molar-refractivity contribution is 5.78. The molecule has 1 saturated heterocycles. The standard InChI is InChI=1S/C16H22F2N2O3/c1-2-22-13-5-3-4-12(14(13)23-16(17)18)10-20-15(21)11-6-8-19-9-7-11/h3-5,11,16,19H,2,6-10H2,1H3,(H,20,21). The van der Waals surface area contributed by atoms with Crippen molar-refractivity contribution in [2.45, 2.75) is 32.9 Å². The summed E-state index contributed by atoms with van der Waals surface area (Å²) in [5.74, 6) is 0.137. The van der Waals surface area contributed by atoms with Crippen molar-refractivity contribution in [1.29, 1.82) is 0 Å². The van der Waals surface area contributed by atoms with Gasteiger partial charge in [0, 0.05) is 18.0 Å². The van der Waals surface area contributed by atoms with Crippen LogP contribution < -0.4 is 20.1 Å². The van der Waals surface area contributed by atoms with Gasteiger partial charge in [0.15, 0.2) is 11.5 Å². The number of piperidine rings is 1. The number of para-hydroxylation sites is 1. The third kappa shape index (κ3) is 5.06. The summed E-state index contributed by atoms with van der Waals surface area (Å²) in [6.45, 7) is 0.916. The van der Waals surface area contributed by atoms with Crippen LogP contribution in [0.15, 0.2) is 18.2 Å². The van der Waals surface area contributed by atoms with Gasteiger partial charge < -0.3 is 20.1 Å². The average molecular weight is 328 g/mol. The van der Waals surface area contributed by atoms with E-state index in [9.17, 15) is 13.6 Å². The largest absolute Gasteiger partial charge is 0.490 e. The van der Waals surface area contributed by atoms with Crippen LogP contribution in [0.3, 0.4) is 0 Å². The van der Waals surface area contributed by atoms with Crippen LogP contribution in [0, 0.1) is 5.92 Å². The molecule has 128 valence electrons. The van der Waals surface area contributed by atoms with Gasteiger partial charge in [-0.15, -0.1) is 0 Å². The lowest BCUT2D eigenvalue weighted by Gasteiger charge is -2.22. The number of nitrogens with one attached hydrogen (secondary N) is 2. The van der Waals surface area contributed by atoms with Gasteiger partial charge in [-0.2, -0.15) is 8.78 Å². The van der Waals surface area contributed by atoms with Crippen molar-refractivity contribution in [2.75, 3.05) is 19.7 Å². The molecule has 1 fully saturated rings. The number of hydrogen-bond acceptors (Lipinski definition) is 4. The molecule has 1 aromatic carbocycles. The Bertz CT molecular complexity index is 520. The first-order chi connectivity index (χ1) is 11.1. The molecule has 1 amide bonds. The molecule has 5 nitrogen and oxygen atoms in total. The van der Waals surface area contributed by atoms with Crippen LogP contribution in [0.2, 0.25) is 0 Å². The fourth-order valence-electron chi connectivity index (χ4n) is 2.60. The lowest BCUT2D eigenvalue weighted by atomic mass is 9.97. The number of amides is 1. The molecule has 0 spiro atoms. The number of ether oxygens (including phenoxy) is 2. The molecule has 2 rings (SSSR count). The highest BCUT2D eigenvalue weighted by Gasteiger charge is 2.22. The van der Waals surface area contributed by atoms with Crippen molar-refractivity contribution in [3.63, 3.8) is 0 Å². The van der Waals surface area contributed by atoms with Crippen molar-refractivity contribution in [3.05, 3.63) is 23.8 Å². The lowest BCUT2D eigenvalue weighted by molar-refractivity contribution is -0.125. The highest BCUT2D eigenvalue weighted by atomic mass is 19.3. The van der Waals surface area contributed by atoms with Crippen molar-refractivity contribution < 1.29 is 23.0 Å². The summed E-state index contributed by atoms with van der Waals surface area (Å²) in [5, 5.41) is 6.00. The van der Waals surface area contributed by atoms with Crippen LogP contribution >= 0.6 is 0 Å². The highest BCUT2D eigenvalue weighted by Crippen LogP contribution is 2.32. The Kier molecular flexibility index (Phi) is 6.58. The van der Waals surface area contributed by atoms with E-state index in [1.165, 1.54) is 0 Å². The summed E-state index contributed by atoms with van der Waals surface area (Å²) < 4.78 is 35.2. The molecule has 0 aliphatic carbocycles. The Hall–Kier alpha value is -1.89. The number of halogens is 2. The quantitative estimate of drug-likeness (QED) is 0.806. The first-order valence-electron chi connectivity index (χ1n) is 7.79. The number of hydrogen-bond donors (Lipinski definition) is 2. The van der Waals surface area contributed by atoms with Gasteiger partial charge in [-0.05, 0) is 38.9 Å². The molecule has 0 aromatic heterocycles.